The first-order valence-corrected chi connectivity index (χ1v) is 14.2. The summed E-state index contributed by atoms with van der Waals surface area (Å²) < 4.78 is 519. The molecule has 0 amide bonds. The highest BCUT2D eigenvalue weighted by Crippen LogP contribution is 2.70. The summed E-state index contributed by atoms with van der Waals surface area (Å²) in [4.78, 5) is 0. The van der Waals surface area contributed by atoms with Crippen molar-refractivity contribution in [1.29, 1.82) is 0 Å². The van der Waals surface area contributed by atoms with Gasteiger partial charge in [0.05, 0.1) is 0 Å². The van der Waals surface area contributed by atoms with Crippen molar-refractivity contribution in [3.05, 3.63) is 0 Å². The van der Waals surface area contributed by atoms with E-state index in [9.17, 15) is 171 Å². The highest BCUT2D eigenvalue weighted by molar-refractivity contribution is 8.14. The van der Waals surface area contributed by atoms with Crippen LogP contribution in [0.15, 0.2) is 0 Å². The summed E-state index contributed by atoms with van der Waals surface area (Å²) in [5.41, 5.74) is 0. The van der Waals surface area contributed by atoms with E-state index in [-0.39, 0.29) is 0 Å². The van der Waals surface area contributed by atoms with Crippen LogP contribution in [-0.2, 0) is 9.05 Å². The standard InChI is InChI=1S/C18ClF37O2S/c19-59(57,58)18(55,56)16(50,51)14(46,47)12(42,43)10(38,39)8(34,35)6(30,31)4(26,27)2(22,23)1(20,21)3(24,25)5(28,29)7(32,33)9(36,37)11(40,41)13(44,45)15(48,49)17(52,53)54. The van der Waals surface area contributed by atoms with Crippen LogP contribution in [0.2, 0.25) is 0 Å². The van der Waals surface area contributed by atoms with Crippen LogP contribution >= 0.6 is 10.7 Å². The lowest BCUT2D eigenvalue weighted by atomic mass is 9.82. The highest BCUT2D eigenvalue weighted by Gasteiger charge is 3.03. The van der Waals surface area contributed by atoms with Crippen molar-refractivity contribution in [2.75, 3.05) is 0 Å². The van der Waals surface area contributed by atoms with Crippen LogP contribution in [0.3, 0.4) is 0 Å². The van der Waals surface area contributed by atoms with Gasteiger partial charge in [-0.15, -0.1) is 0 Å². The Hall–Kier alpha value is -2.35. The third kappa shape index (κ3) is 6.28. The molecular weight excluding hydrogens is 1020 g/mol. The predicted molar refractivity (Wildman–Crippen MR) is 105 cm³/mol. The van der Waals surface area contributed by atoms with Gasteiger partial charge in [-0.05, 0) is 0 Å². The fourth-order valence-electron chi connectivity index (χ4n) is 3.27. The Labute approximate surface area is 298 Å². The second kappa shape index (κ2) is 13.3. The Balaban J connectivity index is 7.94. The molecule has 2 nitrogen and oxygen atoms in total. The molecule has 0 aromatic heterocycles. The Kier molecular flexibility index (Phi) is 12.8. The first-order valence-electron chi connectivity index (χ1n) is 11.9. The van der Waals surface area contributed by atoms with Gasteiger partial charge in [0.25, 0.3) is 0 Å². The molecular formula is C18ClF37O2S. The zero-order valence-electron chi connectivity index (χ0n) is 24.6. The molecule has 0 aliphatic rings. The first-order chi connectivity index (χ1) is 24.5. The molecule has 41 heteroatoms. The molecule has 0 heterocycles. The topological polar surface area (TPSA) is 34.1 Å². The van der Waals surface area contributed by atoms with Crippen LogP contribution in [-0.4, -0.2) is 115 Å². The van der Waals surface area contributed by atoms with E-state index in [2.05, 4.69) is 10.7 Å². The molecule has 0 aromatic rings. The third-order valence-electron chi connectivity index (χ3n) is 6.94. The van der Waals surface area contributed by atoms with Gasteiger partial charge < -0.3 is 0 Å². The summed E-state index contributed by atoms with van der Waals surface area (Å²) in [6, 6.07) is 0. The van der Waals surface area contributed by atoms with Crippen molar-refractivity contribution >= 4 is 19.7 Å². The molecule has 0 N–H and O–H groups in total. The summed E-state index contributed by atoms with van der Waals surface area (Å²) >= 11 is 0. The van der Waals surface area contributed by atoms with Gasteiger partial charge in [-0.3, -0.25) is 0 Å². The van der Waals surface area contributed by atoms with E-state index in [1.807, 2.05) is 0 Å². The van der Waals surface area contributed by atoms with Gasteiger partial charge in [0.15, 0.2) is 0 Å². The van der Waals surface area contributed by atoms with Crippen LogP contribution in [0.5, 0.6) is 0 Å². The van der Waals surface area contributed by atoms with Crippen molar-refractivity contribution in [3.8, 4) is 0 Å². The molecule has 0 atom stereocenters. The van der Waals surface area contributed by atoms with E-state index in [0.717, 1.165) is 0 Å². The SMILES string of the molecule is O=S(=O)(Cl)C(F)(F)C(F)(F)C(F)(F)C(F)(F)C(F)(F)C(F)(F)C(F)(F)C(F)(F)C(F)(F)C(F)(F)C(F)(F)C(F)(F)C(F)(F)C(F)(F)C(F)(F)C(F)(F)C(F)(F)C(F)(F)F. The lowest BCUT2D eigenvalue weighted by Gasteiger charge is -2.47. The molecule has 59 heavy (non-hydrogen) atoms. The van der Waals surface area contributed by atoms with E-state index in [1.165, 1.54) is 0 Å². The molecule has 0 aliphatic heterocycles. The first kappa shape index (κ1) is 56.6. The largest absolute Gasteiger partial charge is 0.460 e. The van der Waals surface area contributed by atoms with E-state index < -0.39 is 115 Å². The molecule has 0 saturated heterocycles. The fraction of sp³-hybridized carbons (Fsp3) is 1.00. The summed E-state index contributed by atoms with van der Waals surface area (Å²) in [6.45, 7) is 0. The van der Waals surface area contributed by atoms with Gasteiger partial charge in [0, 0.05) is 10.7 Å². The normalized spacial score (nSPS) is 17.5. The molecule has 356 valence electrons. The molecule has 0 unspecified atom stereocenters. The minimum atomic E-state index is -10.5. The molecule has 0 spiro atoms. The number of alkyl halides is 37. The van der Waals surface area contributed by atoms with Crippen LogP contribution in [0.1, 0.15) is 0 Å². The van der Waals surface area contributed by atoms with Crippen molar-refractivity contribution in [1.82, 2.24) is 0 Å². The fourth-order valence-corrected chi connectivity index (χ4v) is 4.00. The van der Waals surface area contributed by atoms with Crippen LogP contribution in [0.25, 0.3) is 0 Å². The average molecular weight is 1020 g/mol. The lowest BCUT2D eigenvalue weighted by Crippen LogP contribution is -2.80. The van der Waals surface area contributed by atoms with Crippen molar-refractivity contribution in [2.24, 2.45) is 0 Å². The van der Waals surface area contributed by atoms with E-state index in [1.54, 1.807) is 0 Å². The summed E-state index contributed by atoms with van der Waals surface area (Å²) in [5.74, 6) is -161. The minimum absolute atomic E-state index is 3.40. The van der Waals surface area contributed by atoms with Gasteiger partial charge in [-0.25, -0.2) is 8.42 Å². The van der Waals surface area contributed by atoms with E-state index >= 15 is 0 Å². The van der Waals surface area contributed by atoms with Gasteiger partial charge in [0.1, 0.15) is 0 Å². The maximum absolute atomic E-state index is 13.9. The molecule has 0 bridgehead atoms. The Bertz CT molecular complexity index is 1680. The smallest absolute Gasteiger partial charge is 0.206 e. The summed E-state index contributed by atoms with van der Waals surface area (Å²) in [5, 5.41) is -8.30. The zero-order valence-corrected chi connectivity index (χ0v) is 26.2. The Morgan fingerprint density at radius 3 is 0.407 bits per heavy atom. The summed E-state index contributed by atoms with van der Waals surface area (Å²) in [6.07, 6.45) is -8.49. The van der Waals surface area contributed by atoms with Crippen LogP contribution in [0, 0.1) is 0 Å². The monoisotopic (exact) mass is 1020 g/mol. The van der Waals surface area contributed by atoms with E-state index in [0.29, 0.717) is 0 Å². The summed E-state index contributed by atoms with van der Waals surface area (Å²) in [7, 11) is -4.64. The third-order valence-corrected chi connectivity index (χ3v) is 8.39. The molecule has 0 fully saturated rings. The highest BCUT2D eigenvalue weighted by atomic mass is 35.7. The molecule has 0 rings (SSSR count). The van der Waals surface area contributed by atoms with Gasteiger partial charge in [-0.1, -0.05) is 0 Å². The molecule has 0 radical (unpaired) electrons. The quantitative estimate of drug-likeness (QED) is 0.107. The maximum atomic E-state index is 13.9. The maximum Gasteiger partial charge on any atom is 0.460 e. The van der Waals surface area contributed by atoms with Gasteiger partial charge >= 0.3 is 115 Å². The average Bonchev–Trinajstić information content (AvgIpc) is 2.98. The molecule has 0 saturated carbocycles. The second-order valence-electron chi connectivity index (χ2n) is 10.6. The Morgan fingerprint density at radius 2 is 0.305 bits per heavy atom. The zero-order chi connectivity index (χ0) is 49.5. The second-order valence-corrected chi connectivity index (χ2v) is 13.2. The lowest BCUT2D eigenvalue weighted by molar-refractivity contribution is -0.493. The number of hydrogen-bond donors (Lipinski definition) is 0. The van der Waals surface area contributed by atoms with Crippen molar-refractivity contribution in [3.63, 3.8) is 0 Å². The van der Waals surface area contributed by atoms with Crippen LogP contribution in [0.4, 0.5) is 162 Å². The predicted octanol–water partition coefficient (Wildman–Crippen LogP) is 11.9. The number of hydrogen-bond acceptors (Lipinski definition) is 2. The van der Waals surface area contributed by atoms with Crippen molar-refractivity contribution in [2.45, 2.75) is 106 Å². The van der Waals surface area contributed by atoms with Crippen LogP contribution < -0.4 is 0 Å². The van der Waals surface area contributed by atoms with Gasteiger partial charge in [-0.2, -0.15) is 162 Å². The minimum Gasteiger partial charge on any atom is -0.206 e. The number of halogens is 38. The van der Waals surface area contributed by atoms with E-state index in [4.69, 9.17) is 0 Å². The number of rotatable bonds is 17. The molecule has 0 aromatic carbocycles. The van der Waals surface area contributed by atoms with Crippen molar-refractivity contribution < 1.29 is 171 Å². The molecule has 0 aliphatic carbocycles. The Morgan fingerprint density at radius 1 is 0.203 bits per heavy atom. The van der Waals surface area contributed by atoms with Gasteiger partial charge in [0.2, 0.25) is 0 Å².